The Kier molecular flexibility index (Phi) is 7.29. The lowest BCUT2D eigenvalue weighted by molar-refractivity contribution is -0.221. The van der Waals surface area contributed by atoms with E-state index in [1.807, 2.05) is 42.2 Å². The molecule has 0 unspecified atom stereocenters. The van der Waals surface area contributed by atoms with Crippen LogP contribution in [0.2, 0.25) is 0 Å². The first-order valence-corrected chi connectivity index (χ1v) is 15.3. The number of hydrogen-bond acceptors (Lipinski definition) is 7. The summed E-state index contributed by atoms with van der Waals surface area (Å²) in [5.74, 6) is 6.08. The Bertz CT molecular complexity index is 1560. The maximum Gasteiger partial charge on any atom is 0.308 e. The summed E-state index contributed by atoms with van der Waals surface area (Å²) < 4.78 is 19.1. The van der Waals surface area contributed by atoms with Gasteiger partial charge in [0.25, 0.3) is 5.91 Å². The summed E-state index contributed by atoms with van der Waals surface area (Å²) in [5.41, 5.74) is 2.39. The van der Waals surface area contributed by atoms with E-state index in [0.717, 1.165) is 28.8 Å². The molecule has 0 N–H and O–H groups in total. The van der Waals surface area contributed by atoms with E-state index in [-0.39, 0.29) is 29.9 Å². The van der Waals surface area contributed by atoms with Gasteiger partial charge in [-0.05, 0) is 81.4 Å². The first-order chi connectivity index (χ1) is 20.5. The van der Waals surface area contributed by atoms with Crippen molar-refractivity contribution in [2.45, 2.75) is 89.5 Å². The molecule has 2 fully saturated rings. The fourth-order valence-electron chi connectivity index (χ4n) is 8.39. The van der Waals surface area contributed by atoms with Crippen LogP contribution in [0.3, 0.4) is 0 Å². The lowest BCUT2D eigenvalue weighted by Crippen LogP contribution is -2.79. The van der Waals surface area contributed by atoms with Crippen LogP contribution < -0.4 is 9.47 Å². The molecule has 8 nitrogen and oxygen atoms in total. The second kappa shape index (κ2) is 10.7. The number of rotatable bonds is 5. The van der Waals surface area contributed by atoms with Gasteiger partial charge in [-0.1, -0.05) is 38.0 Å². The van der Waals surface area contributed by atoms with Crippen LogP contribution in [0.4, 0.5) is 0 Å². The van der Waals surface area contributed by atoms with Crippen LogP contribution >= 0.6 is 0 Å². The van der Waals surface area contributed by atoms with Gasteiger partial charge in [0.1, 0.15) is 11.7 Å². The van der Waals surface area contributed by atoms with Crippen LogP contribution in [0.5, 0.6) is 11.5 Å². The van der Waals surface area contributed by atoms with Crippen LogP contribution in [-0.2, 0) is 31.0 Å². The maximum atomic E-state index is 14.0. The van der Waals surface area contributed by atoms with Crippen molar-refractivity contribution in [3.8, 4) is 23.3 Å². The highest BCUT2D eigenvalue weighted by molar-refractivity contribution is 5.94. The number of hydrogen-bond donors (Lipinski definition) is 0. The molecule has 5 atom stereocenters. The molecule has 0 aromatic heterocycles. The van der Waals surface area contributed by atoms with Crippen LogP contribution in [-0.4, -0.2) is 71.6 Å². The summed E-state index contributed by atoms with van der Waals surface area (Å²) in [5, 5.41) is 0. The van der Waals surface area contributed by atoms with Gasteiger partial charge in [-0.3, -0.25) is 19.3 Å². The third-order valence-electron chi connectivity index (χ3n) is 9.78. The standard InChI is InChI=1S/C35H40N2O6/c1-21(2)20-37(30(40)13-10-25-9-7-8-22(3)18-25)27-14-15-35(43-24(5)39)29-19-26-11-12-28(41-23(4)38)32-31(26)34(35,33(27)42-32)16-17-36(29)6/h7-9,11-12,18,21,27,29,33H,14-17,19-20H2,1-6H3/t27-,29-,33+,34+,35-/m1/s1. The smallest absolute Gasteiger partial charge is 0.308 e. The molecule has 2 aromatic carbocycles. The topological polar surface area (TPSA) is 85.4 Å². The number of aryl methyl sites for hydroxylation is 1. The fourth-order valence-corrected chi connectivity index (χ4v) is 8.39. The van der Waals surface area contributed by atoms with E-state index in [4.69, 9.17) is 14.2 Å². The van der Waals surface area contributed by atoms with Crippen LogP contribution in [0.25, 0.3) is 0 Å². The molecule has 1 saturated heterocycles. The summed E-state index contributed by atoms with van der Waals surface area (Å²) in [6.45, 7) is 10.3. The van der Waals surface area contributed by atoms with Gasteiger partial charge < -0.3 is 19.1 Å². The SMILES string of the molecule is CC(=O)Oc1ccc2c3c1O[C@H]1[C@H](N(CC(C)C)C(=O)C#Cc4cccc(C)c4)CC[C@@]4(OC(C)=O)[C@@H](C2)N(C)CC[C@]314. The molecule has 226 valence electrons. The maximum absolute atomic E-state index is 14.0. The minimum atomic E-state index is -0.847. The highest BCUT2D eigenvalue weighted by atomic mass is 16.6. The minimum Gasteiger partial charge on any atom is -0.483 e. The highest BCUT2D eigenvalue weighted by Gasteiger charge is 2.75. The lowest BCUT2D eigenvalue weighted by atomic mass is 9.48. The number of ether oxygens (including phenoxy) is 3. The predicted molar refractivity (Wildman–Crippen MR) is 161 cm³/mol. The van der Waals surface area contributed by atoms with E-state index in [1.165, 1.54) is 13.8 Å². The second-order valence-electron chi connectivity index (χ2n) is 13.0. The van der Waals surface area contributed by atoms with Crippen molar-refractivity contribution in [2.75, 3.05) is 20.1 Å². The first kappa shape index (κ1) is 29.3. The molecule has 8 heteroatoms. The molecule has 0 radical (unpaired) electrons. The van der Waals surface area contributed by atoms with E-state index >= 15 is 0 Å². The molecule has 2 heterocycles. The van der Waals surface area contributed by atoms with Crippen LogP contribution in [0.1, 0.15) is 69.2 Å². The largest absolute Gasteiger partial charge is 0.483 e. The Labute approximate surface area is 253 Å². The van der Waals surface area contributed by atoms with Crippen molar-refractivity contribution in [3.05, 3.63) is 58.7 Å². The Morgan fingerprint density at radius 2 is 1.93 bits per heavy atom. The minimum absolute atomic E-state index is 0.0504. The van der Waals surface area contributed by atoms with Crippen molar-refractivity contribution in [2.24, 2.45) is 5.92 Å². The molecular formula is C35H40N2O6. The third-order valence-corrected chi connectivity index (χ3v) is 9.78. The number of esters is 2. The molecule has 4 aliphatic rings. The van der Waals surface area contributed by atoms with Crippen molar-refractivity contribution >= 4 is 17.8 Å². The van der Waals surface area contributed by atoms with E-state index in [2.05, 4.69) is 37.6 Å². The van der Waals surface area contributed by atoms with E-state index in [9.17, 15) is 14.4 Å². The Morgan fingerprint density at radius 3 is 2.63 bits per heavy atom. The molecule has 43 heavy (non-hydrogen) atoms. The summed E-state index contributed by atoms with van der Waals surface area (Å²) in [7, 11) is 2.09. The number of likely N-dealkylation sites (tertiary alicyclic amines) is 1. The molecular weight excluding hydrogens is 544 g/mol. The zero-order valence-electron chi connectivity index (χ0n) is 25.9. The number of likely N-dealkylation sites (N-methyl/N-ethyl adjacent to an activating group) is 1. The molecule has 2 aliphatic carbocycles. The van der Waals surface area contributed by atoms with Gasteiger partial charge in [0.15, 0.2) is 11.5 Å². The van der Waals surface area contributed by atoms with Crippen molar-refractivity contribution in [1.29, 1.82) is 0 Å². The highest BCUT2D eigenvalue weighted by Crippen LogP contribution is 2.67. The van der Waals surface area contributed by atoms with Crippen molar-refractivity contribution in [3.63, 3.8) is 0 Å². The molecule has 1 spiro atoms. The van der Waals surface area contributed by atoms with Crippen molar-refractivity contribution in [1.82, 2.24) is 9.80 Å². The Balaban J connectivity index is 1.50. The molecule has 6 rings (SSSR count). The fraction of sp³-hybridized carbons (Fsp3) is 0.514. The zero-order chi connectivity index (χ0) is 30.7. The number of piperidine rings is 1. The summed E-state index contributed by atoms with van der Waals surface area (Å²) in [6.07, 6.45) is 2.02. The number of nitrogens with zero attached hydrogens (tertiary/aromatic N) is 2. The molecule has 1 saturated carbocycles. The normalized spacial score (nSPS) is 28.2. The average molecular weight is 585 g/mol. The van der Waals surface area contributed by atoms with Gasteiger partial charge in [-0.15, -0.1) is 0 Å². The van der Waals surface area contributed by atoms with Crippen molar-refractivity contribution < 1.29 is 28.6 Å². The summed E-state index contributed by atoms with van der Waals surface area (Å²) in [6, 6.07) is 11.3. The second-order valence-corrected chi connectivity index (χ2v) is 13.0. The number of carbonyl (C=O) groups excluding carboxylic acids is 3. The zero-order valence-corrected chi connectivity index (χ0v) is 25.9. The average Bonchev–Trinajstić information content (AvgIpc) is 3.29. The molecule has 2 bridgehead atoms. The molecule has 1 amide bonds. The van der Waals surface area contributed by atoms with Crippen LogP contribution in [0.15, 0.2) is 36.4 Å². The van der Waals surface area contributed by atoms with Gasteiger partial charge in [0.05, 0.1) is 17.5 Å². The molecule has 2 aliphatic heterocycles. The van der Waals surface area contributed by atoms with E-state index in [0.29, 0.717) is 43.7 Å². The van der Waals surface area contributed by atoms with Gasteiger partial charge >= 0.3 is 11.9 Å². The predicted octanol–water partition coefficient (Wildman–Crippen LogP) is 4.18. The van der Waals surface area contributed by atoms with E-state index in [1.54, 1.807) is 6.07 Å². The van der Waals surface area contributed by atoms with Gasteiger partial charge in [0, 0.05) is 37.4 Å². The summed E-state index contributed by atoms with van der Waals surface area (Å²) >= 11 is 0. The van der Waals surface area contributed by atoms with Crippen LogP contribution in [0, 0.1) is 24.7 Å². The number of amides is 1. The Morgan fingerprint density at radius 1 is 1.14 bits per heavy atom. The number of benzene rings is 2. The number of carbonyl (C=O) groups is 3. The quantitative estimate of drug-likeness (QED) is 0.296. The van der Waals surface area contributed by atoms with E-state index < -0.39 is 23.1 Å². The third kappa shape index (κ3) is 4.60. The molecule has 2 aromatic rings. The van der Waals surface area contributed by atoms with Gasteiger partial charge in [0.2, 0.25) is 0 Å². The first-order valence-electron chi connectivity index (χ1n) is 15.3. The van der Waals surface area contributed by atoms with Gasteiger partial charge in [-0.2, -0.15) is 0 Å². The van der Waals surface area contributed by atoms with Gasteiger partial charge in [-0.25, -0.2) is 0 Å². The monoisotopic (exact) mass is 584 g/mol. The summed E-state index contributed by atoms with van der Waals surface area (Å²) in [4.78, 5) is 43.1. The Hall–Kier alpha value is -3.83. The lowest BCUT2D eigenvalue weighted by Gasteiger charge is -2.65.